The van der Waals surface area contributed by atoms with Gasteiger partial charge in [-0.05, 0) is 18.6 Å². The summed E-state index contributed by atoms with van der Waals surface area (Å²) in [7, 11) is 0. The molecule has 0 radical (unpaired) electrons. The van der Waals surface area contributed by atoms with Crippen molar-refractivity contribution in [3.8, 4) is 5.75 Å². The highest BCUT2D eigenvalue weighted by Gasteiger charge is 2.16. The Bertz CT molecular complexity index is 444. The maximum atomic E-state index is 11.9. The van der Waals surface area contributed by atoms with Gasteiger partial charge in [0.2, 0.25) is 5.91 Å². The molecule has 0 aliphatic carbocycles. The Morgan fingerprint density at radius 1 is 1.42 bits per heavy atom. The summed E-state index contributed by atoms with van der Waals surface area (Å²) in [5.74, 6) is -1.22. The quantitative estimate of drug-likeness (QED) is 0.685. The average Bonchev–Trinajstić information content (AvgIpc) is 2.39. The van der Waals surface area contributed by atoms with Gasteiger partial charge < -0.3 is 20.9 Å². The van der Waals surface area contributed by atoms with E-state index in [0.717, 1.165) is 0 Å². The summed E-state index contributed by atoms with van der Waals surface area (Å²) < 4.78 is 5.10. The lowest BCUT2D eigenvalue weighted by Crippen LogP contribution is -2.28. The number of benzene rings is 1. The minimum atomic E-state index is -1.07. The number of carboxylic acid groups (broad SMARTS) is 1. The second-order valence-corrected chi connectivity index (χ2v) is 4.01. The zero-order chi connectivity index (χ0) is 14.3. The van der Waals surface area contributed by atoms with E-state index in [2.05, 4.69) is 5.32 Å². The van der Waals surface area contributed by atoms with Crippen LogP contribution >= 0.6 is 0 Å². The zero-order valence-electron chi connectivity index (χ0n) is 10.8. The van der Waals surface area contributed by atoms with Gasteiger partial charge in [-0.25, -0.2) is 4.79 Å². The molecule has 0 aliphatic heterocycles. The van der Waals surface area contributed by atoms with Crippen LogP contribution in [0.1, 0.15) is 13.3 Å². The molecule has 0 heterocycles. The third-order valence-corrected chi connectivity index (χ3v) is 2.64. The van der Waals surface area contributed by atoms with Gasteiger partial charge in [0, 0.05) is 6.54 Å². The van der Waals surface area contributed by atoms with Crippen LogP contribution in [-0.4, -0.2) is 30.1 Å². The summed E-state index contributed by atoms with van der Waals surface area (Å²) in [6, 6.07) is 6.68. The molecule has 6 heteroatoms. The largest absolute Gasteiger partial charge is 0.480 e. The fraction of sp³-hybridized carbons (Fsp3) is 0.385. The maximum absolute atomic E-state index is 11.9. The van der Waals surface area contributed by atoms with Crippen molar-refractivity contribution >= 4 is 17.6 Å². The first-order valence-corrected chi connectivity index (χ1v) is 6.03. The van der Waals surface area contributed by atoms with E-state index < -0.39 is 12.6 Å². The topological polar surface area (TPSA) is 102 Å². The molecule has 0 aromatic heterocycles. The van der Waals surface area contributed by atoms with E-state index in [9.17, 15) is 9.59 Å². The van der Waals surface area contributed by atoms with Gasteiger partial charge in [0.25, 0.3) is 0 Å². The Balaban J connectivity index is 2.77. The molecular weight excluding hydrogens is 248 g/mol. The van der Waals surface area contributed by atoms with Gasteiger partial charge in [0.1, 0.15) is 5.75 Å². The summed E-state index contributed by atoms with van der Waals surface area (Å²) >= 11 is 0. The van der Waals surface area contributed by atoms with Crippen molar-refractivity contribution in [1.82, 2.24) is 0 Å². The van der Waals surface area contributed by atoms with Crippen molar-refractivity contribution in [3.63, 3.8) is 0 Å². The summed E-state index contributed by atoms with van der Waals surface area (Å²) in [6.45, 7) is 1.69. The Kier molecular flexibility index (Phi) is 5.81. The molecule has 1 aromatic rings. The minimum absolute atomic E-state index is 0.198. The fourth-order valence-corrected chi connectivity index (χ4v) is 1.53. The van der Waals surface area contributed by atoms with Crippen LogP contribution in [0, 0.1) is 5.92 Å². The first-order valence-electron chi connectivity index (χ1n) is 6.03. The van der Waals surface area contributed by atoms with Crippen molar-refractivity contribution in [2.24, 2.45) is 11.7 Å². The Labute approximate surface area is 111 Å². The van der Waals surface area contributed by atoms with Gasteiger partial charge in [-0.15, -0.1) is 0 Å². The van der Waals surface area contributed by atoms with Gasteiger partial charge in [-0.1, -0.05) is 19.1 Å². The molecule has 1 unspecified atom stereocenters. The van der Waals surface area contributed by atoms with Crippen molar-refractivity contribution in [2.75, 3.05) is 18.5 Å². The lowest BCUT2D eigenvalue weighted by Gasteiger charge is -2.15. The van der Waals surface area contributed by atoms with E-state index in [1.807, 2.05) is 6.92 Å². The Hall–Kier alpha value is -2.08. The number of nitrogens with two attached hydrogens (primary N) is 1. The van der Waals surface area contributed by atoms with E-state index in [1.54, 1.807) is 24.3 Å². The second kappa shape index (κ2) is 7.38. The van der Waals surface area contributed by atoms with Crippen LogP contribution in [0.4, 0.5) is 5.69 Å². The van der Waals surface area contributed by atoms with E-state index in [-0.39, 0.29) is 18.4 Å². The normalized spacial score (nSPS) is 11.7. The monoisotopic (exact) mass is 266 g/mol. The summed E-state index contributed by atoms with van der Waals surface area (Å²) in [5, 5.41) is 11.3. The second-order valence-electron chi connectivity index (χ2n) is 4.01. The summed E-state index contributed by atoms with van der Waals surface area (Å²) in [4.78, 5) is 22.4. The molecule has 1 atom stereocenters. The molecule has 0 spiro atoms. The zero-order valence-corrected chi connectivity index (χ0v) is 10.8. The van der Waals surface area contributed by atoms with Crippen LogP contribution < -0.4 is 15.8 Å². The van der Waals surface area contributed by atoms with E-state index in [1.165, 1.54) is 0 Å². The van der Waals surface area contributed by atoms with Crippen LogP contribution in [0.25, 0.3) is 0 Å². The maximum Gasteiger partial charge on any atom is 0.341 e. The van der Waals surface area contributed by atoms with Crippen molar-refractivity contribution in [1.29, 1.82) is 0 Å². The molecule has 1 rings (SSSR count). The molecule has 0 fully saturated rings. The number of hydrogen-bond acceptors (Lipinski definition) is 4. The lowest BCUT2D eigenvalue weighted by atomic mass is 10.1. The third-order valence-electron chi connectivity index (χ3n) is 2.64. The first-order chi connectivity index (χ1) is 9.08. The molecule has 0 aliphatic rings. The molecule has 6 nitrogen and oxygen atoms in total. The Morgan fingerprint density at radius 3 is 2.68 bits per heavy atom. The Morgan fingerprint density at radius 2 is 2.11 bits per heavy atom. The number of hydrogen-bond donors (Lipinski definition) is 3. The van der Waals surface area contributed by atoms with Crippen molar-refractivity contribution in [2.45, 2.75) is 13.3 Å². The van der Waals surface area contributed by atoms with Crippen LogP contribution in [0.3, 0.4) is 0 Å². The molecule has 4 N–H and O–H groups in total. The van der Waals surface area contributed by atoms with Gasteiger partial charge in [-0.2, -0.15) is 0 Å². The van der Waals surface area contributed by atoms with Crippen LogP contribution in [-0.2, 0) is 9.59 Å². The minimum Gasteiger partial charge on any atom is -0.480 e. The lowest BCUT2D eigenvalue weighted by molar-refractivity contribution is -0.139. The van der Waals surface area contributed by atoms with Gasteiger partial charge in [0.05, 0.1) is 11.6 Å². The molecule has 0 saturated heterocycles. The highest BCUT2D eigenvalue weighted by molar-refractivity contribution is 5.94. The predicted molar refractivity (Wildman–Crippen MR) is 71.0 cm³/mol. The molecule has 104 valence electrons. The number of ether oxygens (including phenoxy) is 1. The number of amides is 1. The SMILES string of the molecule is CCC(CN)C(=O)Nc1ccccc1OCC(=O)O. The summed E-state index contributed by atoms with van der Waals surface area (Å²) in [6.07, 6.45) is 0.639. The van der Waals surface area contributed by atoms with Crippen LogP contribution in [0.15, 0.2) is 24.3 Å². The number of carbonyl (C=O) groups excluding carboxylic acids is 1. The van der Waals surface area contributed by atoms with Gasteiger partial charge in [-0.3, -0.25) is 4.79 Å². The number of rotatable bonds is 7. The molecule has 1 aromatic carbocycles. The van der Waals surface area contributed by atoms with Crippen molar-refractivity contribution < 1.29 is 19.4 Å². The van der Waals surface area contributed by atoms with E-state index in [4.69, 9.17) is 15.6 Å². The van der Waals surface area contributed by atoms with Gasteiger partial charge in [0.15, 0.2) is 6.61 Å². The van der Waals surface area contributed by atoms with Crippen LogP contribution in [0.2, 0.25) is 0 Å². The summed E-state index contributed by atoms with van der Waals surface area (Å²) in [5.41, 5.74) is 5.95. The predicted octanol–water partition coefficient (Wildman–Crippen LogP) is 1.07. The molecule has 1 amide bonds. The highest BCUT2D eigenvalue weighted by atomic mass is 16.5. The highest BCUT2D eigenvalue weighted by Crippen LogP contribution is 2.24. The van der Waals surface area contributed by atoms with Crippen LogP contribution in [0.5, 0.6) is 5.75 Å². The van der Waals surface area contributed by atoms with Crippen molar-refractivity contribution in [3.05, 3.63) is 24.3 Å². The third kappa shape index (κ3) is 4.59. The van der Waals surface area contributed by atoms with Gasteiger partial charge >= 0.3 is 5.97 Å². The molecule has 0 saturated carbocycles. The van der Waals surface area contributed by atoms with E-state index in [0.29, 0.717) is 17.9 Å². The number of aliphatic carboxylic acids is 1. The number of nitrogens with one attached hydrogen (secondary N) is 1. The number of para-hydroxylation sites is 2. The number of carboxylic acids is 1. The standard InChI is InChI=1S/C13H18N2O4/c1-2-9(7-14)13(18)15-10-5-3-4-6-11(10)19-8-12(16)17/h3-6,9H,2,7-8,14H2,1H3,(H,15,18)(H,16,17). The average molecular weight is 266 g/mol. The van der Waals surface area contributed by atoms with E-state index >= 15 is 0 Å². The molecule has 0 bridgehead atoms. The smallest absolute Gasteiger partial charge is 0.341 e. The first kappa shape index (κ1) is 15.0. The fourth-order valence-electron chi connectivity index (χ4n) is 1.53. The molecular formula is C13H18N2O4. The number of anilines is 1. The number of carbonyl (C=O) groups is 2. The molecule has 19 heavy (non-hydrogen) atoms.